The lowest BCUT2D eigenvalue weighted by Crippen LogP contribution is -2.49. The molecule has 0 spiro atoms. The Labute approximate surface area is 156 Å². The third-order valence-corrected chi connectivity index (χ3v) is 5.92. The second-order valence-corrected chi connectivity index (χ2v) is 7.90. The number of carbonyl (C=O) groups is 1. The number of fused-ring (bicyclic) bond motifs is 1. The number of aryl methyl sites for hydroxylation is 2. The van der Waals surface area contributed by atoms with E-state index in [1.807, 2.05) is 6.07 Å². The zero-order chi connectivity index (χ0) is 17.9. The van der Waals surface area contributed by atoms with Gasteiger partial charge in [-0.15, -0.1) is 0 Å². The van der Waals surface area contributed by atoms with Gasteiger partial charge >= 0.3 is 0 Å². The van der Waals surface area contributed by atoms with Gasteiger partial charge in [0.2, 0.25) is 0 Å². The van der Waals surface area contributed by atoms with Gasteiger partial charge in [-0.25, -0.2) is 0 Å². The van der Waals surface area contributed by atoms with E-state index in [9.17, 15) is 4.79 Å². The van der Waals surface area contributed by atoms with E-state index >= 15 is 0 Å². The van der Waals surface area contributed by atoms with Crippen LogP contribution >= 0.6 is 0 Å². The molecular weight excluding hydrogens is 320 g/mol. The molecule has 1 aliphatic heterocycles. The number of hydrogen-bond acceptors (Lipinski definition) is 2. The highest BCUT2D eigenvalue weighted by Gasteiger charge is 2.27. The lowest BCUT2D eigenvalue weighted by molar-refractivity contribution is 0.0860. The zero-order valence-corrected chi connectivity index (χ0v) is 15.6. The Morgan fingerprint density at radius 3 is 2.73 bits per heavy atom. The molecule has 1 aliphatic carbocycles. The number of carbonyl (C=O) groups excluding carboxylic acids is 1. The first-order valence-corrected chi connectivity index (χ1v) is 9.88. The van der Waals surface area contributed by atoms with Crippen molar-refractivity contribution in [2.45, 2.75) is 45.2 Å². The van der Waals surface area contributed by atoms with E-state index in [2.05, 4.69) is 59.6 Å². The third kappa shape index (κ3) is 3.83. The number of likely N-dealkylation sites (tertiary alicyclic amines) is 1. The van der Waals surface area contributed by atoms with Gasteiger partial charge in [0.25, 0.3) is 5.91 Å². The van der Waals surface area contributed by atoms with Crippen molar-refractivity contribution in [1.82, 2.24) is 10.2 Å². The molecule has 2 unspecified atom stereocenters. The second kappa shape index (κ2) is 7.63. The molecule has 1 fully saturated rings. The predicted molar refractivity (Wildman–Crippen MR) is 105 cm³/mol. The number of rotatable bonds is 4. The van der Waals surface area contributed by atoms with Crippen molar-refractivity contribution in [3.8, 4) is 0 Å². The van der Waals surface area contributed by atoms with E-state index < -0.39 is 0 Å². The third-order valence-electron chi connectivity index (χ3n) is 5.92. The molecule has 2 aromatic rings. The molecule has 0 saturated carbocycles. The molecule has 136 valence electrons. The van der Waals surface area contributed by atoms with Gasteiger partial charge in [-0.2, -0.15) is 0 Å². The summed E-state index contributed by atoms with van der Waals surface area (Å²) in [6.45, 7) is 5.32. The monoisotopic (exact) mass is 348 g/mol. The highest BCUT2D eigenvalue weighted by molar-refractivity contribution is 5.94. The molecule has 2 aliphatic rings. The van der Waals surface area contributed by atoms with Crippen molar-refractivity contribution in [2.24, 2.45) is 5.92 Å². The van der Waals surface area contributed by atoms with E-state index in [4.69, 9.17) is 0 Å². The molecule has 3 nitrogen and oxygen atoms in total. The first-order chi connectivity index (χ1) is 12.7. The fraction of sp³-hybridized carbons (Fsp3) is 0.435. The summed E-state index contributed by atoms with van der Waals surface area (Å²) < 4.78 is 0. The average Bonchev–Trinajstić information content (AvgIpc) is 3.12. The number of nitrogens with one attached hydrogen (secondary N) is 1. The molecule has 0 bridgehead atoms. The Hall–Kier alpha value is -2.13. The molecule has 1 amide bonds. The van der Waals surface area contributed by atoms with Crippen LogP contribution in [0.5, 0.6) is 0 Å². The molecule has 2 atom stereocenters. The molecular formula is C23H28N2O. The van der Waals surface area contributed by atoms with Crippen LogP contribution in [0.25, 0.3) is 0 Å². The van der Waals surface area contributed by atoms with Crippen LogP contribution in [0.15, 0.2) is 48.5 Å². The lowest BCUT2D eigenvalue weighted by Gasteiger charge is -2.37. The Bertz CT molecular complexity index is 771. The van der Waals surface area contributed by atoms with Crippen LogP contribution in [-0.4, -0.2) is 29.9 Å². The summed E-state index contributed by atoms with van der Waals surface area (Å²) in [6, 6.07) is 17.1. The van der Waals surface area contributed by atoms with Gasteiger partial charge in [-0.05, 0) is 60.4 Å². The summed E-state index contributed by atoms with van der Waals surface area (Å²) in [5.41, 5.74) is 4.97. The number of nitrogens with zero attached hydrogens (tertiary/aromatic N) is 1. The lowest BCUT2D eigenvalue weighted by atomic mass is 9.93. The molecule has 0 aromatic heterocycles. The van der Waals surface area contributed by atoms with E-state index in [0.717, 1.165) is 44.5 Å². The first kappa shape index (κ1) is 17.3. The molecule has 1 saturated heterocycles. The summed E-state index contributed by atoms with van der Waals surface area (Å²) in [5.74, 6) is 0.555. The van der Waals surface area contributed by atoms with Crippen LogP contribution in [0.2, 0.25) is 0 Å². The standard InChI is InChI=1S/C23H28N2O/c1-17-15-25(16-18-6-3-2-4-7-18)13-12-22(17)24-23(26)21-11-10-19-8-5-9-20(19)14-21/h2-4,6-7,10-11,14,17,22H,5,8-9,12-13,15-16H2,1H3,(H,24,26). The van der Waals surface area contributed by atoms with E-state index in [0.29, 0.717) is 5.92 Å². The fourth-order valence-electron chi connectivity index (χ4n) is 4.40. The fourth-order valence-corrected chi connectivity index (χ4v) is 4.40. The van der Waals surface area contributed by atoms with Crippen LogP contribution in [-0.2, 0) is 19.4 Å². The normalized spacial score (nSPS) is 22.8. The quantitative estimate of drug-likeness (QED) is 0.911. The second-order valence-electron chi connectivity index (χ2n) is 7.90. The SMILES string of the molecule is CC1CN(Cc2ccccc2)CCC1NC(=O)c1ccc2c(c1)CCC2. The molecule has 4 rings (SSSR count). The summed E-state index contributed by atoms with van der Waals surface area (Å²) in [6.07, 6.45) is 4.51. The van der Waals surface area contributed by atoms with Crippen molar-refractivity contribution in [1.29, 1.82) is 0 Å². The van der Waals surface area contributed by atoms with Gasteiger partial charge in [0.1, 0.15) is 0 Å². The van der Waals surface area contributed by atoms with Gasteiger partial charge in [-0.3, -0.25) is 9.69 Å². The van der Waals surface area contributed by atoms with Crippen molar-refractivity contribution < 1.29 is 4.79 Å². The first-order valence-electron chi connectivity index (χ1n) is 9.88. The Kier molecular flexibility index (Phi) is 5.07. The molecule has 0 radical (unpaired) electrons. The predicted octanol–water partition coefficient (Wildman–Crippen LogP) is 3.82. The summed E-state index contributed by atoms with van der Waals surface area (Å²) in [4.78, 5) is 15.2. The minimum absolute atomic E-state index is 0.0908. The van der Waals surface area contributed by atoms with Crippen LogP contribution in [0.4, 0.5) is 0 Å². The average molecular weight is 348 g/mol. The minimum atomic E-state index is 0.0908. The number of benzene rings is 2. The maximum atomic E-state index is 12.7. The van der Waals surface area contributed by atoms with Gasteiger partial charge in [0.15, 0.2) is 0 Å². The van der Waals surface area contributed by atoms with Crippen LogP contribution in [0.3, 0.4) is 0 Å². The van der Waals surface area contributed by atoms with Crippen molar-refractivity contribution >= 4 is 5.91 Å². The van der Waals surface area contributed by atoms with Crippen molar-refractivity contribution in [2.75, 3.05) is 13.1 Å². The van der Waals surface area contributed by atoms with Crippen molar-refractivity contribution in [3.05, 3.63) is 70.8 Å². The zero-order valence-electron chi connectivity index (χ0n) is 15.6. The highest BCUT2D eigenvalue weighted by Crippen LogP contribution is 2.24. The van der Waals surface area contributed by atoms with Crippen LogP contribution < -0.4 is 5.32 Å². The summed E-state index contributed by atoms with van der Waals surface area (Å²) in [5, 5.41) is 3.29. The molecule has 1 N–H and O–H groups in total. The number of piperidine rings is 1. The topological polar surface area (TPSA) is 32.3 Å². The number of hydrogen-bond donors (Lipinski definition) is 1. The van der Waals surface area contributed by atoms with Gasteiger partial charge in [0, 0.05) is 31.2 Å². The number of amides is 1. The smallest absolute Gasteiger partial charge is 0.251 e. The van der Waals surface area contributed by atoms with E-state index in [-0.39, 0.29) is 11.9 Å². The Balaban J connectivity index is 1.34. The Morgan fingerprint density at radius 1 is 1.12 bits per heavy atom. The summed E-state index contributed by atoms with van der Waals surface area (Å²) in [7, 11) is 0. The molecule has 26 heavy (non-hydrogen) atoms. The van der Waals surface area contributed by atoms with Crippen molar-refractivity contribution in [3.63, 3.8) is 0 Å². The maximum absolute atomic E-state index is 12.7. The molecule has 3 heteroatoms. The van der Waals surface area contributed by atoms with E-state index in [1.165, 1.54) is 23.1 Å². The molecule has 2 aromatic carbocycles. The molecule has 1 heterocycles. The van der Waals surface area contributed by atoms with E-state index in [1.54, 1.807) is 0 Å². The van der Waals surface area contributed by atoms with Gasteiger partial charge in [-0.1, -0.05) is 43.3 Å². The van der Waals surface area contributed by atoms with Crippen LogP contribution in [0, 0.1) is 5.92 Å². The summed E-state index contributed by atoms with van der Waals surface area (Å²) >= 11 is 0. The maximum Gasteiger partial charge on any atom is 0.251 e. The van der Waals surface area contributed by atoms with Gasteiger partial charge in [0.05, 0.1) is 0 Å². The Morgan fingerprint density at radius 2 is 1.92 bits per heavy atom. The minimum Gasteiger partial charge on any atom is -0.349 e. The van der Waals surface area contributed by atoms with Gasteiger partial charge < -0.3 is 5.32 Å². The largest absolute Gasteiger partial charge is 0.349 e. The van der Waals surface area contributed by atoms with Crippen LogP contribution in [0.1, 0.15) is 46.8 Å². The highest BCUT2D eigenvalue weighted by atomic mass is 16.1.